The van der Waals surface area contributed by atoms with Crippen LogP contribution in [0.25, 0.3) is 11.0 Å². The van der Waals surface area contributed by atoms with Gasteiger partial charge in [0, 0.05) is 15.6 Å². The summed E-state index contributed by atoms with van der Waals surface area (Å²) in [6, 6.07) is 11.7. The molecule has 1 atom stereocenters. The van der Waals surface area contributed by atoms with E-state index in [0.717, 1.165) is 0 Å². The zero-order chi connectivity index (χ0) is 20.7. The standard InChI is InChI=1S/C21H15Cl2NO5/c1-2-27-20(25)17-15(14-11(22)7-5-8-12(14)23)16-18(29-19(17)24)10-6-3-4-9-13(10)28-21(16)26/h3-9,15H,2,24H2,1H3. The maximum absolute atomic E-state index is 13.0. The van der Waals surface area contributed by atoms with E-state index in [9.17, 15) is 9.59 Å². The minimum atomic E-state index is -1.01. The van der Waals surface area contributed by atoms with Crippen molar-refractivity contribution >= 4 is 40.1 Å². The summed E-state index contributed by atoms with van der Waals surface area (Å²) in [5, 5.41) is 1.05. The third kappa shape index (κ3) is 3.14. The molecule has 6 nitrogen and oxygen atoms in total. The lowest BCUT2D eigenvalue weighted by molar-refractivity contribution is -0.139. The van der Waals surface area contributed by atoms with Gasteiger partial charge in [-0.05, 0) is 31.2 Å². The zero-order valence-electron chi connectivity index (χ0n) is 15.2. The summed E-state index contributed by atoms with van der Waals surface area (Å²) < 4.78 is 16.4. The van der Waals surface area contributed by atoms with Gasteiger partial charge < -0.3 is 19.6 Å². The molecule has 0 saturated carbocycles. The minimum Gasteiger partial charge on any atom is -0.462 e. The Morgan fingerprint density at radius 2 is 1.79 bits per heavy atom. The SMILES string of the molecule is CCOC(=O)C1=C(N)Oc2c(c(=O)oc3ccccc23)C1c1c(Cl)cccc1Cl. The van der Waals surface area contributed by atoms with Crippen molar-refractivity contribution in [3.05, 3.63) is 85.5 Å². The van der Waals surface area contributed by atoms with Crippen LogP contribution in [-0.4, -0.2) is 12.6 Å². The number of hydrogen-bond donors (Lipinski definition) is 1. The van der Waals surface area contributed by atoms with Crippen molar-refractivity contribution in [2.75, 3.05) is 6.61 Å². The van der Waals surface area contributed by atoms with Gasteiger partial charge in [0.15, 0.2) is 5.75 Å². The van der Waals surface area contributed by atoms with E-state index in [1.165, 1.54) is 0 Å². The normalized spacial score (nSPS) is 15.8. The van der Waals surface area contributed by atoms with E-state index in [2.05, 4.69) is 0 Å². The number of esters is 1. The van der Waals surface area contributed by atoms with Crippen LogP contribution in [0.3, 0.4) is 0 Å². The number of para-hydroxylation sites is 1. The van der Waals surface area contributed by atoms with E-state index in [-0.39, 0.29) is 39.4 Å². The fourth-order valence-corrected chi connectivity index (χ4v) is 4.06. The molecule has 1 aromatic heterocycles. The monoisotopic (exact) mass is 431 g/mol. The lowest BCUT2D eigenvalue weighted by atomic mass is 9.83. The highest BCUT2D eigenvalue weighted by atomic mass is 35.5. The van der Waals surface area contributed by atoms with E-state index >= 15 is 0 Å². The summed E-state index contributed by atoms with van der Waals surface area (Å²) in [6.07, 6.45) is 0. The van der Waals surface area contributed by atoms with E-state index in [1.807, 2.05) is 0 Å². The van der Waals surface area contributed by atoms with Gasteiger partial charge in [0.05, 0.1) is 23.5 Å². The smallest absolute Gasteiger partial charge is 0.344 e. The third-order valence-electron chi connectivity index (χ3n) is 4.64. The van der Waals surface area contributed by atoms with Crippen molar-refractivity contribution in [1.29, 1.82) is 0 Å². The predicted octanol–water partition coefficient (Wildman–Crippen LogP) is 4.36. The summed E-state index contributed by atoms with van der Waals surface area (Å²) >= 11 is 12.8. The molecule has 0 amide bonds. The Labute approximate surface area is 175 Å². The Hall–Kier alpha value is -2.96. The Bertz CT molecular complexity index is 1210. The van der Waals surface area contributed by atoms with Crippen molar-refractivity contribution in [3.63, 3.8) is 0 Å². The number of benzene rings is 2. The highest BCUT2D eigenvalue weighted by molar-refractivity contribution is 6.36. The molecule has 0 aliphatic carbocycles. The highest BCUT2D eigenvalue weighted by Crippen LogP contribution is 2.47. The van der Waals surface area contributed by atoms with Gasteiger partial charge in [0.1, 0.15) is 11.2 Å². The first kappa shape index (κ1) is 19.4. The number of carbonyl (C=O) groups is 1. The summed E-state index contributed by atoms with van der Waals surface area (Å²) in [5.74, 6) is -1.74. The van der Waals surface area contributed by atoms with E-state index < -0.39 is 17.5 Å². The highest BCUT2D eigenvalue weighted by Gasteiger charge is 2.41. The van der Waals surface area contributed by atoms with Crippen LogP contribution >= 0.6 is 23.2 Å². The number of hydrogen-bond acceptors (Lipinski definition) is 6. The third-order valence-corrected chi connectivity index (χ3v) is 5.30. The number of nitrogens with two attached hydrogens (primary N) is 1. The maximum atomic E-state index is 13.0. The molecular weight excluding hydrogens is 417 g/mol. The van der Waals surface area contributed by atoms with Gasteiger partial charge in [0.2, 0.25) is 5.88 Å². The van der Waals surface area contributed by atoms with Gasteiger partial charge in [0.25, 0.3) is 0 Å². The topological polar surface area (TPSA) is 91.8 Å². The van der Waals surface area contributed by atoms with Crippen LogP contribution in [0.4, 0.5) is 0 Å². The minimum absolute atomic E-state index is 0.0584. The van der Waals surface area contributed by atoms with Crippen molar-refractivity contribution < 1.29 is 18.7 Å². The fourth-order valence-electron chi connectivity index (χ4n) is 3.45. The first-order valence-electron chi connectivity index (χ1n) is 8.78. The van der Waals surface area contributed by atoms with Crippen LogP contribution < -0.4 is 16.1 Å². The van der Waals surface area contributed by atoms with E-state index in [1.54, 1.807) is 49.4 Å². The number of carbonyl (C=O) groups excluding carboxylic acids is 1. The van der Waals surface area contributed by atoms with E-state index in [4.69, 9.17) is 42.8 Å². The first-order chi connectivity index (χ1) is 13.9. The molecule has 0 spiro atoms. The second-order valence-corrected chi connectivity index (χ2v) is 7.11. The molecule has 3 aromatic rings. The molecule has 8 heteroatoms. The molecule has 0 saturated heterocycles. The molecule has 1 aliphatic heterocycles. The van der Waals surface area contributed by atoms with Crippen LogP contribution in [0.5, 0.6) is 5.75 Å². The molecule has 0 radical (unpaired) electrons. The average molecular weight is 432 g/mol. The van der Waals surface area contributed by atoms with Gasteiger partial charge in [-0.2, -0.15) is 0 Å². The lowest BCUT2D eigenvalue weighted by Gasteiger charge is -2.28. The van der Waals surface area contributed by atoms with Crippen molar-refractivity contribution in [1.82, 2.24) is 0 Å². The number of halogens is 2. The molecular formula is C21H15Cl2NO5. The summed E-state index contributed by atoms with van der Waals surface area (Å²) in [6.45, 7) is 1.77. The Morgan fingerprint density at radius 3 is 2.48 bits per heavy atom. The van der Waals surface area contributed by atoms with Crippen LogP contribution in [0.2, 0.25) is 10.0 Å². The van der Waals surface area contributed by atoms with E-state index in [0.29, 0.717) is 16.5 Å². The molecule has 2 aromatic carbocycles. The Morgan fingerprint density at radius 1 is 1.10 bits per heavy atom. The van der Waals surface area contributed by atoms with Crippen molar-refractivity contribution in [2.24, 2.45) is 5.73 Å². The molecule has 1 aliphatic rings. The number of fused-ring (bicyclic) bond motifs is 3. The first-order valence-corrected chi connectivity index (χ1v) is 9.53. The maximum Gasteiger partial charge on any atom is 0.344 e. The van der Waals surface area contributed by atoms with Crippen LogP contribution in [0, 0.1) is 0 Å². The van der Waals surface area contributed by atoms with Crippen LogP contribution in [-0.2, 0) is 9.53 Å². The molecule has 2 heterocycles. The van der Waals surface area contributed by atoms with Gasteiger partial charge >= 0.3 is 11.6 Å². The van der Waals surface area contributed by atoms with Crippen molar-refractivity contribution in [3.8, 4) is 5.75 Å². The molecule has 1 unspecified atom stereocenters. The molecule has 0 fully saturated rings. The quantitative estimate of drug-likeness (QED) is 0.489. The Kier molecular flexibility index (Phi) is 4.98. The van der Waals surface area contributed by atoms with Gasteiger partial charge in [-0.1, -0.05) is 41.4 Å². The Balaban J connectivity index is 2.10. The summed E-state index contributed by atoms with van der Waals surface area (Å²) in [4.78, 5) is 25.7. The second-order valence-electron chi connectivity index (χ2n) is 6.30. The summed E-state index contributed by atoms with van der Waals surface area (Å²) in [7, 11) is 0. The zero-order valence-corrected chi connectivity index (χ0v) is 16.7. The largest absolute Gasteiger partial charge is 0.462 e. The van der Waals surface area contributed by atoms with Crippen molar-refractivity contribution in [2.45, 2.75) is 12.8 Å². The fraction of sp³-hybridized carbons (Fsp3) is 0.143. The van der Waals surface area contributed by atoms with Gasteiger partial charge in [-0.25, -0.2) is 9.59 Å². The molecule has 2 N–H and O–H groups in total. The van der Waals surface area contributed by atoms with Crippen LogP contribution in [0.1, 0.15) is 24.0 Å². The molecule has 29 heavy (non-hydrogen) atoms. The predicted molar refractivity (Wildman–Crippen MR) is 109 cm³/mol. The summed E-state index contributed by atoms with van der Waals surface area (Å²) in [5.41, 5.74) is 6.13. The van der Waals surface area contributed by atoms with Gasteiger partial charge in [-0.3, -0.25) is 0 Å². The lowest BCUT2D eigenvalue weighted by Crippen LogP contribution is -2.31. The van der Waals surface area contributed by atoms with Crippen LogP contribution in [0.15, 0.2) is 63.1 Å². The van der Waals surface area contributed by atoms with Gasteiger partial charge in [-0.15, -0.1) is 0 Å². The molecule has 148 valence electrons. The average Bonchev–Trinajstić information content (AvgIpc) is 2.67. The number of ether oxygens (including phenoxy) is 2. The number of rotatable bonds is 3. The molecule has 0 bridgehead atoms. The second kappa shape index (κ2) is 7.46. The molecule has 4 rings (SSSR count).